The minimum Gasteiger partial charge on any atom is -0.269 e. The van der Waals surface area contributed by atoms with E-state index in [1.165, 1.54) is 6.26 Å². The van der Waals surface area contributed by atoms with E-state index in [1.54, 1.807) is 5.01 Å². The number of piperidine rings is 1. The molecule has 0 amide bonds. The summed E-state index contributed by atoms with van der Waals surface area (Å²) in [5.41, 5.74) is 0. The van der Waals surface area contributed by atoms with E-state index in [2.05, 4.69) is 4.72 Å². The molecule has 0 aromatic carbocycles. The van der Waals surface area contributed by atoms with Crippen LogP contribution in [0.4, 0.5) is 0 Å². The molecular formula is C6H15N3O2S. The van der Waals surface area contributed by atoms with Gasteiger partial charge in [0.2, 0.25) is 10.0 Å². The third-order valence-corrected chi connectivity index (χ3v) is 2.60. The summed E-state index contributed by atoms with van der Waals surface area (Å²) in [5, 5.41) is 1.65. The van der Waals surface area contributed by atoms with Gasteiger partial charge in [-0.05, 0) is 12.8 Å². The lowest BCUT2D eigenvalue weighted by Gasteiger charge is -2.28. The van der Waals surface area contributed by atoms with Crippen molar-refractivity contribution in [3.63, 3.8) is 0 Å². The summed E-state index contributed by atoms with van der Waals surface area (Å²) in [6.07, 6.45) is 2.99. The summed E-state index contributed by atoms with van der Waals surface area (Å²) in [6.45, 7) is 1.45. The van der Waals surface area contributed by atoms with Crippen LogP contribution in [0, 0.1) is 0 Å². The quantitative estimate of drug-likeness (QED) is 0.544. The maximum Gasteiger partial charge on any atom is 0.208 e. The second kappa shape index (κ2) is 3.69. The number of hydrogen-bond donors (Lipinski definition) is 2. The van der Waals surface area contributed by atoms with Gasteiger partial charge in [0.1, 0.15) is 0 Å². The Balaban J connectivity index is 2.43. The molecule has 72 valence electrons. The molecule has 1 atom stereocenters. The predicted octanol–water partition coefficient (Wildman–Crippen LogP) is -1.13. The van der Waals surface area contributed by atoms with Crippen molar-refractivity contribution in [2.45, 2.75) is 18.9 Å². The molecule has 0 aliphatic carbocycles. The Hall–Kier alpha value is -0.170. The van der Waals surface area contributed by atoms with Gasteiger partial charge in [-0.3, -0.25) is 5.84 Å². The minimum atomic E-state index is -3.08. The number of nitrogens with two attached hydrogens (primary N) is 1. The van der Waals surface area contributed by atoms with Crippen LogP contribution in [0.15, 0.2) is 0 Å². The molecule has 5 nitrogen and oxygen atoms in total. The van der Waals surface area contributed by atoms with Crippen LogP contribution in [0.25, 0.3) is 0 Å². The van der Waals surface area contributed by atoms with Crippen LogP contribution in [0.3, 0.4) is 0 Å². The molecule has 1 fully saturated rings. The summed E-state index contributed by atoms with van der Waals surface area (Å²) in [5.74, 6) is 5.54. The van der Waals surface area contributed by atoms with Crippen molar-refractivity contribution in [2.75, 3.05) is 19.3 Å². The fourth-order valence-corrected chi connectivity index (χ4v) is 2.20. The van der Waals surface area contributed by atoms with Gasteiger partial charge in [0, 0.05) is 19.1 Å². The highest BCUT2D eigenvalue weighted by atomic mass is 32.2. The molecule has 1 aliphatic heterocycles. The Morgan fingerprint density at radius 1 is 1.58 bits per heavy atom. The van der Waals surface area contributed by atoms with E-state index in [1.807, 2.05) is 0 Å². The van der Waals surface area contributed by atoms with Crippen LogP contribution in [0.1, 0.15) is 12.8 Å². The first-order valence-corrected chi connectivity index (χ1v) is 5.83. The first-order chi connectivity index (χ1) is 5.47. The first kappa shape index (κ1) is 9.91. The molecule has 3 N–H and O–H groups in total. The molecule has 1 aliphatic rings. The van der Waals surface area contributed by atoms with E-state index >= 15 is 0 Å². The van der Waals surface area contributed by atoms with Crippen LogP contribution in [-0.2, 0) is 10.0 Å². The molecule has 0 radical (unpaired) electrons. The van der Waals surface area contributed by atoms with Crippen molar-refractivity contribution >= 4 is 10.0 Å². The van der Waals surface area contributed by atoms with Crippen LogP contribution in [0.5, 0.6) is 0 Å². The lowest BCUT2D eigenvalue weighted by atomic mass is 10.1. The Morgan fingerprint density at radius 2 is 2.25 bits per heavy atom. The molecule has 0 aromatic rings. The predicted molar refractivity (Wildman–Crippen MR) is 46.8 cm³/mol. The average molecular weight is 193 g/mol. The van der Waals surface area contributed by atoms with E-state index in [0.29, 0.717) is 6.54 Å². The van der Waals surface area contributed by atoms with Gasteiger partial charge in [-0.1, -0.05) is 0 Å². The number of hydrazine groups is 1. The third kappa shape index (κ3) is 3.48. The zero-order valence-electron chi connectivity index (χ0n) is 7.16. The zero-order chi connectivity index (χ0) is 9.19. The number of nitrogens with one attached hydrogen (secondary N) is 1. The van der Waals surface area contributed by atoms with Gasteiger partial charge in [0.15, 0.2) is 0 Å². The first-order valence-electron chi connectivity index (χ1n) is 3.94. The molecular weight excluding hydrogens is 178 g/mol. The van der Waals surface area contributed by atoms with Gasteiger partial charge in [-0.15, -0.1) is 0 Å². The molecule has 1 saturated heterocycles. The smallest absolute Gasteiger partial charge is 0.208 e. The highest BCUT2D eigenvalue weighted by Gasteiger charge is 2.19. The van der Waals surface area contributed by atoms with E-state index in [-0.39, 0.29) is 6.04 Å². The Bertz CT molecular complexity index is 239. The Kier molecular flexibility index (Phi) is 3.05. The fourth-order valence-electron chi connectivity index (χ4n) is 1.41. The molecule has 0 spiro atoms. The second-order valence-electron chi connectivity index (χ2n) is 3.22. The summed E-state index contributed by atoms with van der Waals surface area (Å²) < 4.78 is 24.2. The molecule has 1 rings (SSSR count). The second-order valence-corrected chi connectivity index (χ2v) is 5.00. The van der Waals surface area contributed by atoms with Crippen molar-refractivity contribution < 1.29 is 8.42 Å². The van der Waals surface area contributed by atoms with Crippen molar-refractivity contribution in [3.05, 3.63) is 0 Å². The largest absolute Gasteiger partial charge is 0.269 e. The molecule has 1 heterocycles. The molecule has 0 saturated carbocycles. The van der Waals surface area contributed by atoms with Gasteiger partial charge in [0.25, 0.3) is 0 Å². The topological polar surface area (TPSA) is 75.4 Å². The molecule has 12 heavy (non-hydrogen) atoms. The Labute approximate surface area is 72.9 Å². The van der Waals surface area contributed by atoms with E-state index < -0.39 is 10.0 Å². The van der Waals surface area contributed by atoms with Gasteiger partial charge in [-0.2, -0.15) is 0 Å². The van der Waals surface area contributed by atoms with Crippen LogP contribution >= 0.6 is 0 Å². The summed E-state index contributed by atoms with van der Waals surface area (Å²) >= 11 is 0. The maximum absolute atomic E-state index is 10.8. The van der Waals surface area contributed by atoms with Gasteiger partial charge in [0.05, 0.1) is 6.26 Å². The number of rotatable bonds is 2. The highest BCUT2D eigenvalue weighted by molar-refractivity contribution is 7.88. The highest BCUT2D eigenvalue weighted by Crippen LogP contribution is 2.06. The van der Waals surface area contributed by atoms with Crippen molar-refractivity contribution in [1.29, 1.82) is 0 Å². The third-order valence-electron chi connectivity index (χ3n) is 1.83. The Morgan fingerprint density at radius 3 is 2.75 bits per heavy atom. The van der Waals surface area contributed by atoms with Crippen molar-refractivity contribution in [3.8, 4) is 0 Å². The molecule has 1 unspecified atom stereocenters. The van der Waals surface area contributed by atoms with E-state index in [9.17, 15) is 8.42 Å². The number of nitrogens with zero attached hydrogens (tertiary/aromatic N) is 1. The van der Waals surface area contributed by atoms with Crippen LogP contribution in [0.2, 0.25) is 0 Å². The van der Waals surface area contributed by atoms with Crippen LogP contribution in [-0.4, -0.2) is 38.8 Å². The number of hydrogen-bond acceptors (Lipinski definition) is 4. The monoisotopic (exact) mass is 193 g/mol. The SMILES string of the molecule is CS(=O)(=O)NC1CCCN(N)C1. The lowest BCUT2D eigenvalue weighted by Crippen LogP contribution is -2.49. The normalized spacial score (nSPS) is 27.3. The number of sulfonamides is 1. The minimum absolute atomic E-state index is 0.0150. The van der Waals surface area contributed by atoms with Crippen molar-refractivity contribution in [1.82, 2.24) is 9.73 Å². The molecule has 0 aromatic heterocycles. The molecule has 0 bridgehead atoms. The lowest BCUT2D eigenvalue weighted by molar-refractivity contribution is 0.206. The molecule has 6 heteroatoms. The summed E-state index contributed by atoms with van der Waals surface area (Å²) in [7, 11) is -3.08. The van der Waals surface area contributed by atoms with E-state index in [4.69, 9.17) is 5.84 Å². The van der Waals surface area contributed by atoms with Crippen LogP contribution < -0.4 is 10.6 Å². The fraction of sp³-hybridized carbons (Fsp3) is 1.00. The maximum atomic E-state index is 10.8. The zero-order valence-corrected chi connectivity index (χ0v) is 7.97. The van der Waals surface area contributed by atoms with Gasteiger partial charge >= 0.3 is 0 Å². The average Bonchev–Trinajstić information content (AvgIpc) is 1.82. The van der Waals surface area contributed by atoms with Crippen molar-refractivity contribution in [2.24, 2.45) is 5.84 Å². The standard InChI is InChI=1S/C6H15N3O2S/c1-12(10,11)8-6-3-2-4-9(7)5-6/h6,8H,2-5,7H2,1H3. The van der Waals surface area contributed by atoms with Gasteiger partial charge in [-0.25, -0.2) is 18.1 Å². The van der Waals surface area contributed by atoms with Gasteiger partial charge < -0.3 is 0 Å². The summed E-state index contributed by atoms with van der Waals surface area (Å²) in [6, 6.07) is -0.0150. The summed E-state index contributed by atoms with van der Waals surface area (Å²) in [4.78, 5) is 0. The van der Waals surface area contributed by atoms with E-state index in [0.717, 1.165) is 19.4 Å².